The van der Waals surface area contributed by atoms with Gasteiger partial charge in [0.05, 0.1) is 0 Å². The molecule has 0 aliphatic rings. The fourth-order valence-electron chi connectivity index (χ4n) is 9.40. The van der Waals surface area contributed by atoms with E-state index in [0.29, 0.717) is 19.3 Å². The van der Waals surface area contributed by atoms with Crippen molar-refractivity contribution in [3.05, 3.63) is 85.1 Å². The van der Waals surface area contributed by atoms with Gasteiger partial charge in [-0.25, -0.2) is 0 Å². The molecular formula is C71H124O6. The molecule has 0 fully saturated rings. The number of ether oxygens (including phenoxy) is 3. The van der Waals surface area contributed by atoms with Gasteiger partial charge in [0.2, 0.25) is 0 Å². The average Bonchev–Trinajstić information content (AvgIpc) is 3.43. The first kappa shape index (κ1) is 73.6. The molecule has 0 aromatic rings. The van der Waals surface area contributed by atoms with Crippen LogP contribution in [-0.2, 0) is 28.6 Å². The maximum absolute atomic E-state index is 12.9. The summed E-state index contributed by atoms with van der Waals surface area (Å²) in [6.45, 7) is 6.54. The quantitative estimate of drug-likeness (QED) is 0.0261. The van der Waals surface area contributed by atoms with Crippen LogP contribution in [0.15, 0.2) is 85.1 Å². The fourth-order valence-corrected chi connectivity index (χ4v) is 9.40. The number of hydrogen-bond acceptors (Lipinski definition) is 6. The molecule has 0 N–H and O–H groups in total. The minimum atomic E-state index is -0.784. The number of carbonyl (C=O) groups is 3. The fraction of sp³-hybridized carbons (Fsp3) is 0.761. The largest absolute Gasteiger partial charge is 0.462 e. The molecular weight excluding hydrogens is 949 g/mol. The van der Waals surface area contributed by atoms with Crippen LogP contribution in [0, 0.1) is 0 Å². The monoisotopic (exact) mass is 1070 g/mol. The lowest BCUT2D eigenvalue weighted by molar-refractivity contribution is -0.167. The molecule has 1 unspecified atom stereocenters. The molecule has 6 nitrogen and oxygen atoms in total. The lowest BCUT2D eigenvalue weighted by Gasteiger charge is -2.18. The summed E-state index contributed by atoms with van der Waals surface area (Å²) in [7, 11) is 0. The van der Waals surface area contributed by atoms with Crippen molar-refractivity contribution in [2.45, 2.75) is 335 Å². The van der Waals surface area contributed by atoms with Crippen LogP contribution in [0.2, 0.25) is 0 Å². The van der Waals surface area contributed by atoms with Crippen molar-refractivity contribution in [2.75, 3.05) is 13.2 Å². The molecule has 0 aromatic heterocycles. The zero-order chi connectivity index (χ0) is 55.7. The summed E-state index contributed by atoms with van der Waals surface area (Å²) in [4.78, 5) is 38.4. The topological polar surface area (TPSA) is 78.9 Å². The summed E-state index contributed by atoms with van der Waals surface area (Å²) in [6, 6.07) is 0. The van der Waals surface area contributed by atoms with Crippen molar-refractivity contribution in [1.82, 2.24) is 0 Å². The number of allylic oxidation sites excluding steroid dienone is 14. The Morgan fingerprint density at radius 3 is 0.805 bits per heavy atom. The van der Waals surface area contributed by atoms with E-state index in [-0.39, 0.29) is 31.1 Å². The Balaban J connectivity index is 4.36. The molecule has 0 aromatic carbocycles. The van der Waals surface area contributed by atoms with Crippen LogP contribution < -0.4 is 0 Å². The molecule has 0 radical (unpaired) electrons. The van der Waals surface area contributed by atoms with Crippen LogP contribution in [0.4, 0.5) is 0 Å². The van der Waals surface area contributed by atoms with Crippen LogP contribution in [0.5, 0.6) is 0 Å². The highest BCUT2D eigenvalue weighted by atomic mass is 16.6. The molecule has 0 amide bonds. The van der Waals surface area contributed by atoms with E-state index in [9.17, 15) is 14.4 Å². The Labute approximate surface area is 477 Å². The minimum Gasteiger partial charge on any atom is -0.462 e. The van der Waals surface area contributed by atoms with E-state index in [2.05, 4.69) is 106 Å². The predicted molar refractivity (Wildman–Crippen MR) is 334 cm³/mol. The normalized spacial score (nSPS) is 12.6. The van der Waals surface area contributed by atoms with Crippen molar-refractivity contribution in [3.63, 3.8) is 0 Å². The smallest absolute Gasteiger partial charge is 0.306 e. The van der Waals surface area contributed by atoms with E-state index >= 15 is 0 Å². The van der Waals surface area contributed by atoms with Gasteiger partial charge in [0.15, 0.2) is 6.10 Å². The molecule has 6 heteroatoms. The highest BCUT2D eigenvalue weighted by Gasteiger charge is 2.19. The number of hydrogen-bond donors (Lipinski definition) is 0. The highest BCUT2D eigenvalue weighted by molar-refractivity contribution is 5.71. The molecule has 444 valence electrons. The lowest BCUT2D eigenvalue weighted by atomic mass is 10.1. The first-order chi connectivity index (χ1) is 38.0. The Hall–Kier alpha value is -3.41. The minimum absolute atomic E-state index is 0.0805. The average molecular weight is 1070 g/mol. The van der Waals surface area contributed by atoms with Gasteiger partial charge in [-0.1, -0.05) is 279 Å². The van der Waals surface area contributed by atoms with Gasteiger partial charge in [-0.3, -0.25) is 14.4 Å². The Morgan fingerprint density at radius 1 is 0.273 bits per heavy atom. The molecule has 0 saturated heterocycles. The van der Waals surface area contributed by atoms with Gasteiger partial charge < -0.3 is 14.2 Å². The van der Waals surface area contributed by atoms with Crippen molar-refractivity contribution in [3.8, 4) is 0 Å². The molecule has 0 aliphatic heterocycles. The van der Waals surface area contributed by atoms with Crippen LogP contribution in [-0.4, -0.2) is 37.2 Å². The van der Waals surface area contributed by atoms with E-state index in [1.807, 2.05) is 0 Å². The van der Waals surface area contributed by atoms with Gasteiger partial charge >= 0.3 is 17.9 Å². The molecule has 0 saturated carbocycles. The van der Waals surface area contributed by atoms with Gasteiger partial charge in [-0.05, 0) is 116 Å². The Bertz CT molecular complexity index is 1470. The van der Waals surface area contributed by atoms with Crippen molar-refractivity contribution < 1.29 is 28.6 Å². The highest BCUT2D eigenvalue weighted by Crippen LogP contribution is 2.16. The number of esters is 3. The predicted octanol–water partition coefficient (Wildman–Crippen LogP) is 22.7. The van der Waals surface area contributed by atoms with Crippen LogP contribution in [0.1, 0.15) is 329 Å². The van der Waals surface area contributed by atoms with Crippen molar-refractivity contribution >= 4 is 17.9 Å². The summed E-state index contributed by atoms with van der Waals surface area (Å²) in [5.74, 6) is -0.881. The zero-order valence-electron chi connectivity index (χ0n) is 51.0. The SMILES string of the molecule is CC/C=C\C/C=C\C/C=C\C/C=C\C/C=C\CCCCCCCCCCCC(=O)OCC(COC(=O)CCCCCCCCC/C=C\CCCCCCCC)OC(=O)CCCCCCCCC/C=C\CCCCCCCC. The second-order valence-electron chi connectivity index (χ2n) is 22.0. The van der Waals surface area contributed by atoms with Crippen molar-refractivity contribution in [1.29, 1.82) is 0 Å². The number of unbranched alkanes of at least 4 members (excludes halogenated alkanes) is 35. The van der Waals surface area contributed by atoms with Crippen molar-refractivity contribution in [2.24, 2.45) is 0 Å². The molecule has 1 atom stereocenters. The summed E-state index contributed by atoms with van der Waals surface area (Å²) in [5, 5.41) is 0. The van der Waals surface area contributed by atoms with Crippen LogP contribution in [0.25, 0.3) is 0 Å². The Morgan fingerprint density at radius 2 is 0.506 bits per heavy atom. The van der Waals surface area contributed by atoms with Gasteiger partial charge in [-0.2, -0.15) is 0 Å². The van der Waals surface area contributed by atoms with E-state index in [1.54, 1.807) is 0 Å². The summed E-state index contributed by atoms with van der Waals surface area (Å²) < 4.78 is 17.0. The summed E-state index contributed by atoms with van der Waals surface area (Å²) in [6.07, 6.45) is 85.8. The van der Waals surface area contributed by atoms with E-state index in [0.717, 1.165) is 96.3 Å². The summed E-state index contributed by atoms with van der Waals surface area (Å²) in [5.41, 5.74) is 0. The van der Waals surface area contributed by atoms with E-state index in [1.165, 1.54) is 193 Å². The van der Waals surface area contributed by atoms with Crippen LogP contribution in [0.3, 0.4) is 0 Å². The third-order valence-corrected chi connectivity index (χ3v) is 14.4. The maximum Gasteiger partial charge on any atom is 0.306 e. The number of carbonyl (C=O) groups excluding carboxylic acids is 3. The van der Waals surface area contributed by atoms with Gasteiger partial charge in [0.1, 0.15) is 13.2 Å². The lowest BCUT2D eigenvalue weighted by Crippen LogP contribution is -2.30. The molecule has 0 spiro atoms. The molecule has 0 bridgehead atoms. The first-order valence-corrected chi connectivity index (χ1v) is 33.1. The Kier molecular flexibility index (Phi) is 62.2. The second kappa shape index (κ2) is 65.1. The van der Waals surface area contributed by atoms with E-state index < -0.39 is 6.10 Å². The summed E-state index contributed by atoms with van der Waals surface area (Å²) >= 11 is 0. The molecule has 77 heavy (non-hydrogen) atoms. The van der Waals surface area contributed by atoms with Gasteiger partial charge in [0.25, 0.3) is 0 Å². The molecule has 0 rings (SSSR count). The van der Waals surface area contributed by atoms with E-state index in [4.69, 9.17) is 14.2 Å². The maximum atomic E-state index is 12.9. The van der Waals surface area contributed by atoms with Gasteiger partial charge in [-0.15, -0.1) is 0 Å². The second-order valence-corrected chi connectivity index (χ2v) is 22.0. The first-order valence-electron chi connectivity index (χ1n) is 33.1. The van der Waals surface area contributed by atoms with Crippen LogP contribution >= 0.6 is 0 Å². The van der Waals surface area contributed by atoms with Gasteiger partial charge in [0, 0.05) is 19.3 Å². The molecule has 0 aliphatic carbocycles. The third kappa shape index (κ3) is 63.3. The zero-order valence-corrected chi connectivity index (χ0v) is 51.0. The third-order valence-electron chi connectivity index (χ3n) is 14.4. The molecule has 0 heterocycles. The number of rotatable bonds is 60. The standard InChI is InChI=1S/C71H124O6/c1-4-7-10-13-16-19-22-25-28-31-32-33-34-35-36-37-38-41-43-46-49-52-55-58-61-64-70(73)76-67-68(77-71(74)65-62-59-56-53-50-47-44-40-30-27-24-21-18-15-12-9-6-3)66-75-69(72)63-60-57-54-51-48-45-42-39-29-26-23-20-17-14-11-8-5-2/h7,10,16,19,25-30,32-33,35-36,68H,4-6,8-9,11-15,17-18,20-24,31,34,37-67H2,1-3H3/b10-7-,19-16-,28-25-,29-26-,30-27-,33-32-,36-35-.